The van der Waals surface area contributed by atoms with Crippen LogP contribution in [0.4, 0.5) is 28.6 Å². The van der Waals surface area contributed by atoms with Crippen molar-refractivity contribution in [2.45, 2.75) is 20.8 Å². The van der Waals surface area contributed by atoms with Gasteiger partial charge in [-0.05, 0) is 44.0 Å². The largest absolute Gasteiger partial charge is 0.446 e. The summed E-state index contributed by atoms with van der Waals surface area (Å²) < 4.78 is 5.77. The van der Waals surface area contributed by atoms with E-state index in [9.17, 15) is 0 Å². The van der Waals surface area contributed by atoms with Crippen LogP contribution in [0, 0.1) is 20.8 Å². The summed E-state index contributed by atoms with van der Waals surface area (Å²) >= 11 is 0. The van der Waals surface area contributed by atoms with Crippen molar-refractivity contribution < 1.29 is 4.42 Å². The van der Waals surface area contributed by atoms with Crippen LogP contribution in [-0.4, -0.2) is 0 Å². The zero-order chi connectivity index (χ0) is 16.0. The molecule has 4 nitrogen and oxygen atoms in total. The van der Waals surface area contributed by atoms with E-state index in [0.29, 0.717) is 5.88 Å². The van der Waals surface area contributed by atoms with Gasteiger partial charge in [-0.15, -0.1) is 10.2 Å². The summed E-state index contributed by atoms with van der Waals surface area (Å²) in [6.07, 6.45) is 1.66. The van der Waals surface area contributed by atoms with E-state index >= 15 is 0 Å². The minimum Gasteiger partial charge on any atom is -0.446 e. The lowest BCUT2D eigenvalue weighted by Crippen LogP contribution is -2.12. The molecule has 1 aliphatic heterocycles. The topological polar surface area (TPSA) is 41.1 Å². The Morgan fingerprint density at radius 3 is 2.35 bits per heavy atom. The first-order valence-electron chi connectivity index (χ1n) is 7.61. The highest BCUT2D eigenvalue weighted by molar-refractivity contribution is 5.88. The third-order valence-corrected chi connectivity index (χ3v) is 4.07. The smallest absolute Gasteiger partial charge is 0.232 e. The average Bonchev–Trinajstić information content (AvgIpc) is 2.92. The van der Waals surface area contributed by atoms with Crippen LogP contribution in [0.2, 0.25) is 0 Å². The first kappa shape index (κ1) is 13.8. The van der Waals surface area contributed by atoms with E-state index in [-0.39, 0.29) is 0 Å². The molecule has 114 valence electrons. The predicted octanol–water partition coefficient (Wildman–Crippen LogP) is 6.40. The van der Waals surface area contributed by atoms with E-state index in [1.165, 1.54) is 16.7 Å². The molecule has 0 atom stereocenters. The molecule has 3 aromatic rings. The molecule has 0 spiro atoms. The highest BCUT2D eigenvalue weighted by Crippen LogP contribution is 2.49. The Hall–Kier alpha value is -2.88. The fourth-order valence-corrected chi connectivity index (χ4v) is 3.24. The molecule has 1 aromatic heterocycles. The molecule has 0 unspecified atom stereocenters. The highest BCUT2D eigenvalue weighted by atomic mass is 16.3. The molecular formula is C19H17N3O. The van der Waals surface area contributed by atoms with E-state index in [1.54, 1.807) is 6.26 Å². The van der Waals surface area contributed by atoms with Gasteiger partial charge in [0.2, 0.25) is 5.88 Å². The van der Waals surface area contributed by atoms with Crippen LogP contribution in [0.15, 0.2) is 63.4 Å². The first-order chi connectivity index (χ1) is 11.1. The number of furan rings is 1. The van der Waals surface area contributed by atoms with Gasteiger partial charge >= 0.3 is 0 Å². The summed E-state index contributed by atoms with van der Waals surface area (Å²) in [4.78, 5) is 2.12. The zero-order valence-corrected chi connectivity index (χ0v) is 13.4. The number of azo groups is 1. The molecular weight excluding hydrogens is 286 g/mol. The SMILES string of the molecule is Cc1cc(C)c(N2c3ccccc3N=Nc3ccoc32)c(C)c1. The van der Waals surface area contributed by atoms with Gasteiger partial charge in [-0.2, -0.15) is 0 Å². The molecule has 2 heterocycles. The fourth-order valence-electron chi connectivity index (χ4n) is 3.24. The van der Waals surface area contributed by atoms with E-state index in [2.05, 4.69) is 48.0 Å². The second-order valence-electron chi connectivity index (χ2n) is 5.88. The van der Waals surface area contributed by atoms with E-state index in [4.69, 9.17) is 4.42 Å². The van der Waals surface area contributed by atoms with Crippen LogP contribution in [-0.2, 0) is 0 Å². The van der Waals surface area contributed by atoms with Crippen LogP contribution < -0.4 is 4.90 Å². The van der Waals surface area contributed by atoms with Crippen molar-refractivity contribution in [3.05, 3.63) is 65.4 Å². The Balaban J connectivity index is 2.05. The number of aryl methyl sites for hydroxylation is 3. The van der Waals surface area contributed by atoms with Gasteiger partial charge in [0.25, 0.3) is 0 Å². The van der Waals surface area contributed by atoms with Gasteiger partial charge in [0.1, 0.15) is 11.4 Å². The Morgan fingerprint density at radius 1 is 0.870 bits per heavy atom. The Labute approximate surface area is 135 Å². The normalized spacial score (nSPS) is 12.7. The highest BCUT2D eigenvalue weighted by Gasteiger charge is 2.26. The molecule has 0 aliphatic carbocycles. The number of anilines is 3. The maximum atomic E-state index is 5.77. The van der Waals surface area contributed by atoms with Gasteiger partial charge in [0.15, 0.2) is 0 Å². The number of fused-ring (bicyclic) bond motifs is 2. The molecule has 4 rings (SSSR count). The van der Waals surface area contributed by atoms with Crippen LogP contribution >= 0.6 is 0 Å². The van der Waals surface area contributed by atoms with Crippen molar-refractivity contribution in [1.82, 2.24) is 0 Å². The summed E-state index contributed by atoms with van der Waals surface area (Å²) in [5.41, 5.74) is 7.30. The lowest BCUT2D eigenvalue weighted by Gasteiger charge is -2.26. The molecule has 0 radical (unpaired) electrons. The lowest BCUT2D eigenvalue weighted by atomic mass is 10.0. The lowest BCUT2D eigenvalue weighted by molar-refractivity contribution is 0.574. The van der Waals surface area contributed by atoms with Crippen molar-refractivity contribution in [1.29, 1.82) is 0 Å². The summed E-state index contributed by atoms with van der Waals surface area (Å²) in [5, 5.41) is 8.71. The third kappa shape index (κ3) is 2.14. The summed E-state index contributed by atoms with van der Waals surface area (Å²) in [6, 6.07) is 14.2. The maximum Gasteiger partial charge on any atom is 0.232 e. The summed E-state index contributed by atoms with van der Waals surface area (Å²) in [7, 11) is 0. The Kier molecular flexibility index (Phi) is 3.05. The molecule has 0 amide bonds. The molecule has 1 aliphatic rings. The van der Waals surface area contributed by atoms with Gasteiger partial charge in [0.05, 0.1) is 17.6 Å². The number of para-hydroxylation sites is 1. The van der Waals surface area contributed by atoms with Crippen LogP contribution in [0.1, 0.15) is 16.7 Å². The quantitative estimate of drug-likeness (QED) is 0.408. The number of hydrogen-bond donors (Lipinski definition) is 0. The fraction of sp³-hybridized carbons (Fsp3) is 0.158. The number of benzene rings is 2. The van der Waals surface area contributed by atoms with Gasteiger partial charge in [-0.1, -0.05) is 29.8 Å². The monoisotopic (exact) mass is 303 g/mol. The molecule has 0 N–H and O–H groups in total. The molecule has 2 aromatic carbocycles. The number of hydrogen-bond acceptors (Lipinski definition) is 4. The van der Waals surface area contributed by atoms with Crippen molar-refractivity contribution in [3.8, 4) is 0 Å². The van der Waals surface area contributed by atoms with Crippen molar-refractivity contribution in [2.75, 3.05) is 4.90 Å². The molecule has 4 heteroatoms. The summed E-state index contributed by atoms with van der Waals surface area (Å²) in [5.74, 6) is 0.703. The standard InChI is InChI=1S/C19H17N3O/c1-12-10-13(2)18(14(3)11-12)22-17-7-5-4-6-15(17)20-21-16-8-9-23-19(16)22/h4-11H,1-3H3. The first-order valence-corrected chi connectivity index (χ1v) is 7.61. The summed E-state index contributed by atoms with van der Waals surface area (Å²) in [6.45, 7) is 6.36. The Bertz CT molecular complexity index is 901. The Morgan fingerprint density at radius 2 is 1.57 bits per heavy atom. The maximum absolute atomic E-state index is 5.77. The molecule has 0 fully saturated rings. The number of nitrogens with zero attached hydrogens (tertiary/aromatic N) is 3. The van der Waals surface area contributed by atoms with Crippen molar-refractivity contribution in [2.24, 2.45) is 10.2 Å². The van der Waals surface area contributed by atoms with Gasteiger partial charge in [-0.3, -0.25) is 4.90 Å². The van der Waals surface area contributed by atoms with E-state index < -0.39 is 0 Å². The van der Waals surface area contributed by atoms with Gasteiger partial charge in [0, 0.05) is 6.07 Å². The van der Waals surface area contributed by atoms with E-state index in [0.717, 1.165) is 22.7 Å². The van der Waals surface area contributed by atoms with E-state index in [1.807, 2.05) is 30.3 Å². The number of rotatable bonds is 1. The molecule has 0 saturated carbocycles. The third-order valence-electron chi connectivity index (χ3n) is 4.07. The molecule has 23 heavy (non-hydrogen) atoms. The average molecular weight is 303 g/mol. The minimum absolute atomic E-state index is 0.703. The van der Waals surface area contributed by atoms with Gasteiger partial charge < -0.3 is 4.42 Å². The molecule has 0 saturated heterocycles. The second kappa shape index (κ2) is 5.09. The predicted molar refractivity (Wildman–Crippen MR) is 91.8 cm³/mol. The van der Waals surface area contributed by atoms with Crippen LogP contribution in [0.25, 0.3) is 0 Å². The van der Waals surface area contributed by atoms with Gasteiger partial charge in [-0.25, -0.2) is 0 Å². The zero-order valence-electron chi connectivity index (χ0n) is 13.4. The second-order valence-corrected chi connectivity index (χ2v) is 5.88. The minimum atomic E-state index is 0.703. The van der Waals surface area contributed by atoms with Crippen LogP contribution in [0.3, 0.4) is 0 Å². The van der Waals surface area contributed by atoms with Crippen molar-refractivity contribution in [3.63, 3.8) is 0 Å². The van der Waals surface area contributed by atoms with Crippen molar-refractivity contribution >= 4 is 28.6 Å². The van der Waals surface area contributed by atoms with Crippen LogP contribution in [0.5, 0.6) is 0 Å². The molecule has 0 bridgehead atoms.